The molecule has 4 nitrogen and oxygen atoms in total. The molecule has 1 amide bonds. The van der Waals surface area contributed by atoms with Gasteiger partial charge in [-0.3, -0.25) is 9.69 Å². The molecule has 0 radical (unpaired) electrons. The summed E-state index contributed by atoms with van der Waals surface area (Å²) in [7, 11) is 4.39. The molecule has 4 rings (SSSR count). The quantitative estimate of drug-likeness (QED) is 0.786. The van der Waals surface area contributed by atoms with E-state index in [4.69, 9.17) is 0 Å². The number of likely N-dealkylation sites (tertiary alicyclic amines) is 1. The SMILES string of the molecule is CN(C)C1(c2cccs2)CCC2(CC1)CC(=O)N(CCC1(C#N)CC1)C2. The molecule has 0 N–H and O–H groups in total. The number of thiophene rings is 1. The van der Waals surface area contributed by atoms with Gasteiger partial charge in [0.15, 0.2) is 0 Å². The molecule has 0 aromatic carbocycles. The van der Waals surface area contributed by atoms with Crippen LogP contribution in [0.1, 0.15) is 56.2 Å². The Kier molecular flexibility index (Phi) is 4.40. The van der Waals surface area contributed by atoms with Gasteiger partial charge in [0.25, 0.3) is 0 Å². The van der Waals surface area contributed by atoms with Gasteiger partial charge in [-0.1, -0.05) is 6.07 Å². The summed E-state index contributed by atoms with van der Waals surface area (Å²) in [6.45, 7) is 1.68. The molecule has 1 aromatic rings. The van der Waals surface area contributed by atoms with E-state index in [-0.39, 0.29) is 16.4 Å². The van der Waals surface area contributed by atoms with Crippen LogP contribution in [-0.4, -0.2) is 42.9 Å². The van der Waals surface area contributed by atoms with E-state index in [9.17, 15) is 10.1 Å². The number of amides is 1. The van der Waals surface area contributed by atoms with Crippen molar-refractivity contribution in [3.63, 3.8) is 0 Å². The van der Waals surface area contributed by atoms with Gasteiger partial charge in [-0.05, 0) is 75.9 Å². The van der Waals surface area contributed by atoms with Crippen LogP contribution in [0.2, 0.25) is 0 Å². The third kappa shape index (κ3) is 2.97. The summed E-state index contributed by atoms with van der Waals surface area (Å²) in [6, 6.07) is 6.88. The molecule has 0 unspecified atom stereocenters. The molecule has 5 heteroatoms. The fourth-order valence-electron chi connectivity index (χ4n) is 5.09. The summed E-state index contributed by atoms with van der Waals surface area (Å²) in [5, 5.41) is 11.5. The zero-order valence-corrected chi connectivity index (χ0v) is 16.8. The third-order valence-electron chi connectivity index (χ3n) is 7.33. The van der Waals surface area contributed by atoms with Gasteiger partial charge >= 0.3 is 0 Å². The molecule has 2 saturated carbocycles. The standard InChI is InChI=1S/C21H29N3OS/c1-23(2)21(17-4-3-13-26-17)9-7-20(8-10-21)14-18(25)24(16-20)12-11-19(15-22)5-6-19/h3-4,13H,5-12,14,16H2,1-2H3. The van der Waals surface area contributed by atoms with Gasteiger partial charge in [0.1, 0.15) is 0 Å². The third-order valence-corrected chi connectivity index (χ3v) is 8.39. The zero-order valence-electron chi connectivity index (χ0n) is 16.0. The fraction of sp³-hybridized carbons (Fsp3) is 0.714. The largest absolute Gasteiger partial charge is 0.342 e. The molecule has 140 valence electrons. The zero-order chi connectivity index (χ0) is 18.4. The van der Waals surface area contributed by atoms with Gasteiger partial charge in [-0.25, -0.2) is 0 Å². The molecule has 26 heavy (non-hydrogen) atoms. The predicted octanol–water partition coefficient (Wildman–Crippen LogP) is 3.99. The van der Waals surface area contributed by atoms with Crippen LogP contribution in [0.15, 0.2) is 17.5 Å². The predicted molar refractivity (Wildman–Crippen MR) is 104 cm³/mol. The number of rotatable bonds is 5. The Balaban J connectivity index is 1.42. The molecule has 2 heterocycles. The van der Waals surface area contributed by atoms with Crippen molar-refractivity contribution in [1.29, 1.82) is 5.26 Å². The van der Waals surface area contributed by atoms with Crippen molar-refractivity contribution in [3.8, 4) is 6.07 Å². The van der Waals surface area contributed by atoms with Gasteiger partial charge in [0.2, 0.25) is 5.91 Å². The second-order valence-corrected chi connectivity index (χ2v) is 9.99. The van der Waals surface area contributed by atoms with Gasteiger partial charge in [-0.15, -0.1) is 11.3 Å². The molecule has 1 spiro atoms. The van der Waals surface area contributed by atoms with Crippen molar-refractivity contribution >= 4 is 17.2 Å². The first-order valence-electron chi connectivity index (χ1n) is 9.83. The van der Waals surface area contributed by atoms with Crippen LogP contribution in [0, 0.1) is 22.2 Å². The van der Waals surface area contributed by atoms with E-state index in [0.29, 0.717) is 12.3 Å². The average Bonchev–Trinajstić information content (AvgIpc) is 3.06. The molecule has 1 aromatic heterocycles. The first-order valence-corrected chi connectivity index (χ1v) is 10.7. The van der Waals surface area contributed by atoms with E-state index < -0.39 is 0 Å². The Hall–Kier alpha value is -1.38. The highest BCUT2D eigenvalue weighted by atomic mass is 32.1. The van der Waals surface area contributed by atoms with Crippen molar-refractivity contribution in [3.05, 3.63) is 22.4 Å². The highest BCUT2D eigenvalue weighted by Gasteiger charge is 2.51. The number of carbonyl (C=O) groups is 1. The monoisotopic (exact) mass is 371 g/mol. The van der Waals surface area contributed by atoms with Crippen molar-refractivity contribution in [2.75, 3.05) is 27.2 Å². The first-order chi connectivity index (χ1) is 12.4. The van der Waals surface area contributed by atoms with Crippen molar-refractivity contribution in [2.24, 2.45) is 10.8 Å². The molecule has 0 bridgehead atoms. The maximum atomic E-state index is 12.6. The van der Waals surface area contributed by atoms with Crippen LogP contribution < -0.4 is 0 Å². The van der Waals surface area contributed by atoms with Gasteiger partial charge in [0, 0.05) is 24.4 Å². The lowest BCUT2D eigenvalue weighted by Crippen LogP contribution is -2.47. The molecule has 1 saturated heterocycles. The van der Waals surface area contributed by atoms with Crippen LogP contribution in [0.25, 0.3) is 0 Å². The van der Waals surface area contributed by atoms with Crippen LogP contribution in [0.3, 0.4) is 0 Å². The lowest BCUT2D eigenvalue weighted by atomic mass is 9.66. The molecular formula is C21H29N3OS. The summed E-state index contributed by atoms with van der Waals surface area (Å²) in [5.74, 6) is 0.312. The summed E-state index contributed by atoms with van der Waals surface area (Å²) >= 11 is 1.86. The summed E-state index contributed by atoms with van der Waals surface area (Å²) < 4.78 is 0. The van der Waals surface area contributed by atoms with Crippen LogP contribution in [-0.2, 0) is 10.3 Å². The summed E-state index contributed by atoms with van der Waals surface area (Å²) in [5.41, 5.74) is 0.188. The average molecular weight is 372 g/mol. The minimum absolute atomic E-state index is 0.109. The second-order valence-electron chi connectivity index (χ2n) is 9.04. The van der Waals surface area contributed by atoms with E-state index in [0.717, 1.165) is 58.0 Å². The highest BCUT2D eigenvalue weighted by molar-refractivity contribution is 7.10. The molecule has 3 aliphatic rings. The van der Waals surface area contributed by atoms with Gasteiger partial charge in [0.05, 0.1) is 17.0 Å². The van der Waals surface area contributed by atoms with E-state index in [1.807, 2.05) is 11.3 Å². The Morgan fingerprint density at radius 3 is 2.50 bits per heavy atom. The lowest BCUT2D eigenvalue weighted by molar-refractivity contribution is -0.128. The molecule has 0 atom stereocenters. The molecule has 3 fully saturated rings. The van der Waals surface area contributed by atoms with Gasteiger partial charge < -0.3 is 4.90 Å². The minimum atomic E-state index is -0.109. The molecule has 1 aliphatic heterocycles. The van der Waals surface area contributed by atoms with E-state index in [1.54, 1.807) is 0 Å². The number of nitrogens with zero attached hydrogens (tertiary/aromatic N) is 3. The minimum Gasteiger partial charge on any atom is -0.342 e. The Bertz CT molecular complexity index is 706. The topological polar surface area (TPSA) is 47.3 Å². The van der Waals surface area contributed by atoms with E-state index in [1.165, 1.54) is 4.88 Å². The maximum Gasteiger partial charge on any atom is 0.223 e. The summed E-state index contributed by atoms with van der Waals surface area (Å²) in [4.78, 5) is 18.5. The van der Waals surface area contributed by atoms with Crippen molar-refractivity contribution < 1.29 is 4.79 Å². The molecule has 2 aliphatic carbocycles. The lowest BCUT2D eigenvalue weighted by Gasteiger charge is -2.48. The number of nitriles is 1. The fourth-order valence-corrected chi connectivity index (χ4v) is 6.16. The van der Waals surface area contributed by atoms with Crippen LogP contribution in [0.4, 0.5) is 0 Å². The smallest absolute Gasteiger partial charge is 0.223 e. The number of carbonyl (C=O) groups excluding carboxylic acids is 1. The Labute approximate surface area is 160 Å². The molecular weight excluding hydrogens is 342 g/mol. The van der Waals surface area contributed by atoms with Gasteiger partial charge in [-0.2, -0.15) is 5.26 Å². The summed E-state index contributed by atoms with van der Waals surface area (Å²) in [6.07, 6.45) is 8.10. The normalized spacial score (nSPS) is 33.0. The Morgan fingerprint density at radius 2 is 1.96 bits per heavy atom. The van der Waals surface area contributed by atoms with Crippen LogP contribution >= 0.6 is 11.3 Å². The van der Waals surface area contributed by atoms with Crippen molar-refractivity contribution in [1.82, 2.24) is 9.80 Å². The van der Waals surface area contributed by atoms with Crippen LogP contribution in [0.5, 0.6) is 0 Å². The Morgan fingerprint density at radius 1 is 1.23 bits per heavy atom. The second kappa shape index (κ2) is 6.35. The van der Waals surface area contributed by atoms with E-state index in [2.05, 4.69) is 47.5 Å². The number of hydrogen-bond donors (Lipinski definition) is 0. The number of hydrogen-bond acceptors (Lipinski definition) is 4. The van der Waals surface area contributed by atoms with E-state index >= 15 is 0 Å². The highest BCUT2D eigenvalue weighted by Crippen LogP contribution is 2.53. The first kappa shape index (κ1) is 18.0. The maximum absolute atomic E-state index is 12.6. The van der Waals surface area contributed by atoms with Crippen molar-refractivity contribution in [2.45, 2.75) is 56.9 Å².